The van der Waals surface area contributed by atoms with Crippen molar-refractivity contribution >= 4 is 0 Å². The van der Waals surface area contributed by atoms with Gasteiger partial charge in [-0.1, -0.05) is 6.92 Å². The normalized spacial score (nSPS) is 13.3. The van der Waals surface area contributed by atoms with E-state index in [-0.39, 0.29) is 0 Å². The maximum absolute atomic E-state index is 4.24. The highest BCUT2D eigenvalue weighted by Crippen LogP contribution is 2.10. The lowest BCUT2D eigenvalue weighted by Gasteiger charge is -2.15. The Labute approximate surface area is 73.5 Å². The Kier molecular flexibility index (Phi) is 3.17. The zero-order valence-corrected chi connectivity index (χ0v) is 7.86. The Hall–Kier alpha value is -0.960. The van der Waals surface area contributed by atoms with Crippen LogP contribution in [-0.4, -0.2) is 35.5 Å². The van der Waals surface area contributed by atoms with Crippen LogP contribution in [0.3, 0.4) is 0 Å². The molecular formula is C9H15N3. The van der Waals surface area contributed by atoms with Gasteiger partial charge in [0.1, 0.15) is 0 Å². The smallest absolute Gasteiger partial charge is 0.0627 e. The summed E-state index contributed by atoms with van der Waals surface area (Å²) in [5.41, 5.74) is 1.06. The molecule has 1 aromatic rings. The van der Waals surface area contributed by atoms with E-state index in [1.54, 1.807) is 12.4 Å². The molecule has 0 aliphatic heterocycles. The molecule has 0 saturated carbocycles. The van der Waals surface area contributed by atoms with Crippen molar-refractivity contribution in [3.8, 4) is 0 Å². The van der Waals surface area contributed by atoms with Gasteiger partial charge in [0.2, 0.25) is 0 Å². The predicted molar refractivity (Wildman–Crippen MR) is 49.0 cm³/mol. The summed E-state index contributed by atoms with van der Waals surface area (Å²) in [6.45, 7) is 3.17. The summed E-state index contributed by atoms with van der Waals surface area (Å²) >= 11 is 0. The van der Waals surface area contributed by atoms with Crippen molar-refractivity contribution in [1.82, 2.24) is 14.9 Å². The van der Waals surface area contributed by atoms with Crippen molar-refractivity contribution in [3.63, 3.8) is 0 Å². The second-order valence-electron chi connectivity index (χ2n) is 3.29. The fraction of sp³-hybridized carbons (Fsp3) is 0.556. The minimum Gasteiger partial charge on any atom is -0.309 e. The fourth-order valence-corrected chi connectivity index (χ4v) is 1.21. The molecule has 66 valence electrons. The van der Waals surface area contributed by atoms with Gasteiger partial charge in [-0.2, -0.15) is 0 Å². The third-order valence-corrected chi connectivity index (χ3v) is 1.73. The number of aromatic nitrogens is 2. The van der Waals surface area contributed by atoms with Crippen molar-refractivity contribution in [2.24, 2.45) is 0 Å². The zero-order valence-electron chi connectivity index (χ0n) is 7.86. The average Bonchev–Trinajstić information content (AvgIpc) is 2.05. The summed E-state index contributed by atoms with van der Waals surface area (Å²) in [6, 6.07) is 0. The van der Waals surface area contributed by atoms with E-state index in [1.807, 2.05) is 6.20 Å². The summed E-state index contributed by atoms with van der Waals surface area (Å²) in [7, 11) is 4.12. The highest BCUT2D eigenvalue weighted by Gasteiger charge is 2.06. The zero-order chi connectivity index (χ0) is 8.97. The molecule has 0 N–H and O–H groups in total. The van der Waals surface area contributed by atoms with E-state index in [0.717, 1.165) is 12.2 Å². The lowest BCUT2D eigenvalue weighted by atomic mass is 10.1. The van der Waals surface area contributed by atoms with Crippen LogP contribution in [0.4, 0.5) is 0 Å². The lowest BCUT2D eigenvalue weighted by Crippen LogP contribution is -2.19. The van der Waals surface area contributed by atoms with E-state index in [0.29, 0.717) is 5.92 Å². The van der Waals surface area contributed by atoms with E-state index in [2.05, 4.69) is 35.9 Å². The van der Waals surface area contributed by atoms with Crippen LogP contribution in [0, 0.1) is 0 Å². The van der Waals surface area contributed by atoms with Gasteiger partial charge in [-0.25, -0.2) is 0 Å². The van der Waals surface area contributed by atoms with Gasteiger partial charge in [0.25, 0.3) is 0 Å². The number of hydrogen-bond donors (Lipinski definition) is 0. The van der Waals surface area contributed by atoms with Crippen molar-refractivity contribution in [1.29, 1.82) is 0 Å². The number of hydrogen-bond acceptors (Lipinski definition) is 3. The van der Waals surface area contributed by atoms with E-state index in [4.69, 9.17) is 0 Å². The van der Waals surface area contributed by atoms with Crippen LogP contribution < -0.4 is 0 Å². The Bertz CT molecular complexity index is 220. The molecular weight excluding hydrogens is 150 g/mol. The van der Waals surface area contributed by atoms with Crippen LogP contribution in [0.1, 0.15) is 18.5 Å². The van der Waals surface area contributed by atoms with Crippen LogP contribution in [-0.2, 0) is 0 Å². The molecule has 0 bridgehead atoms. The van der Waals surface area contributed by atoms with Crippen LogP contribution in [0.2, 0.25) is 0 Å². The molecule has 0 spiro atoms. The summed E-state index contributed by atoms with van der Waals surface area (Å²) in [5, 5.41) is 0. The summed E-state index contributed by atoms with van der Waals surface area (Å²) in [4.78, 5) is 10.4. The molecule has 0 aromatic carbocycles. The standard InChI is InChI=1S/C9H15N3/c1-8(7-12(2)3)9-6-10-4-5-11-9/h4-6,8H,7H2,1-3H3/t8-/m0/s1. The first-order valence-electron chi connectivity index (χ1n) is 4.11. The first kappa shape index (κ1) is 9.13. The summed E-state index contributed by atoms with van der Waals surface area (Å²) in [5.74, 6) is 0.452. The molecule has 0 saturated heterocycles. The average molecular weight is 165 g/mol. The maximum atomic E-state index is 4.24. The van der Waals surface area contributed by atoms with E-state index in [1.165, 1.54) is 0 Å². The fourth-order valence-electron chi connectivity index (χ4n) is 1.21. The van der Waals surface area contributed by atoms with Crippen LogP contribution >= 0.6 is 0 Å². The number of likely N-dealkylation sites (N-methyl/N-ethyl adjacent to an activating group) is 1. The number of nitrogens with zero attached hydrogens (tertiary/aromatic N) is 3. The Morgan fingerprint density at radius 3 is 2.67 bits per heavy atom. The molecule has 12 heavy (non-hydrogen) atoms. The van der Waals surface area contributed by atoms with Gasteiger partial charge >= 0.3 is 0 Å². The second-order valence-corrected chi connectivity index (χ2v) is 3.29. The molecule has 0 unspecified atom stereocenters. The Morgan fingerprint density at radius 2 is 2.17 bits per heavy atom. The van der Waals surface area contributed by atoms with Crippen LogP contribution in [0.15, 0.2) is 18.6 Å². The van der Waals surface area contributed by atoms with E-state index in [9.17, 15) is 0 Å². The SMILES string of the molecule is C[C@@H](CN(C)C)c1cnccn1. The maximum Gasteiger partial charge on any atom is 0.0627 e. The molecule has 3 nitrogen and oxygen atoms in total. The van der Waals surface area contributed by atoms with Gasteiger partial charge in [-0.05, 0) is 14.1 Å². The van der Waals surface area contributed by atoms with E-state index < -0.39 is 0 Å². The molecule has 1 rings (SSSR count). The second kappa shape index (κ2) is 4.16. The van der Waals surface area contributed by atoms with Gasteiger partial charge in [0.05, 0.1) is 5.69 Å². The molecule has 1 atom stereocenters. The van der Waals surface area contributed by atoms with E-state index >= 15 is 0 Å². The lowest BCUT2D eigenvalue weighted by molar-refractivity contribution is 0.380. The summed E-state index contributed by atoms with van der Waals surface area (Å²) in [6.07, 6.45) is 5.27. The van der Waals surface area contributed by atoms with Crippen molar-refractivity contribution in [2.75, 3.05) is 20.6 Å². The van der Waals surface area contributed by atoms with Crippen LogP contribution in [0.5, 0.6) is 0 Å². The van der Waals surface area contributed by atoms with Gasteiger partial charge < -0.3 is 4.90 Å². The number of rotatable bonds is 3. The van der Waals surface area contributed by atoms with Crippen molar-refractivity contribution in [3.05, 3.63) is 24.3 Å². The van der Waals surface area contributed by atoms with Crippen molar-refractivity contribution < 1.29 is 0 Å². The molecule has 1 heterocycles. The van der Waals surface area contributed by atoms with Crippen molar-refractivity contribution in [2.45, 2.75) is 12.8 Å². The minimum atomic E-state index is 0.452. The quantitative estimate of drug-likeness (QED) is 0.672. The molecule has 0 fully saturated rings. The van der Waals surface area contributed by atoms with Gasteiger partial charge in [0.15, 0.2) is 0 Å². The molecule has 0 radical (unpaired) electrons. The third kappa shape index (κ3) is 2.58. The molecule has 1 aromatic heterocycles. The largest absolute Gasteiger partial charge is 0.309 e. The topological polar surface area (TPSA) is 29.0 Å². The van der Waals surface area contributed by atoms with Gasteiger partial charge in [-0.15, -0.1) is 0 Å². The third-order valence-electron chi connectivity index (χ3n) is 1.73. The highest BCUT2D eigenvalue weighted by molar-refractivity contribution is 5.02. The summed E-state index contributed by atoms with van der Waals surface area (Å²) < 4.78 is 0. The van der Waals surface area contributed by atoms with Gasteiger partial charge in [0, 0.05) is 31.1 Å². The predicted octanol–water partition coefficient (Wildman–Crippen LogP) is 1.14. The Morgan fingerprint density at radius 1 is 1.42 bits per heavy atom. The molecule has 0 amide bonds. The monoisotopic (exact) mass is 165 g/mol. The molecule has 0 aliphatic rings. The first-order chi connectivity index (χ1) is 5.70. The van der Waals surface area contributed by atoms with Crippen LogP contribution in [0.25, 0.3) is 0 Å². The minimum absolute atomic E-state index is 0.452. The molecule has 3 heteroatoms. The highest BCUT2D eigenvalue weighted by atomic mass is 15.1. The Balaban J connectivity index is 2.59. The first-order valence-corrected chi connectivity index (χ1v) is 4.11. The molecule has 0 aliphatic carbocycles. The van der Waals surface area contributed by atoms with Gasteiger partial charge in [-0.3, -0.25) is 9.97 Å².